The molecule has 19 heavy (non-hydrogen) atoms. The first-order chi connectivity index (χ1) is 9.11. The van der Waals surface area contributed by atoms with E-state index in [1.165, 1.54) is 31.7 Å². The minimum Gasteiger partial charge on any atom is -0.299 e. The average Bonchev–Trinajstić information content (AvgIpc) is 2.42. The Balaban J connectivity index is 2.03. The van der Waals surface area contributed by atoms with E-state index in [0.29, 0.717) is 18.2 Å². The molecule has 1 fully saturated rings. The van der Waals surface area contributed by atoms with Crippen molar-refractivity contribution in [2.24, 2.45) is 5.92 Å². The summed E-state index contributed by atoms with van der Waals surface area (Å²) in [4.78, 5) is 2.23. The smallest absolute Gasteiger partial charge is 0.145 e. The van der Waals surface area contributed by atoms with Crippen molar-refractivity contribution in [2.75, 3.05) is 7.05 Å². The molecular weight excluding hydrogens is 239 g/mol. The molecule has 0 N–H and O–H groups in total. The average molecular weight is 260 g/mol. The monoisotopic (exact) mass is 260 g/mol. The molecule has 1 aromatic rings. The largest absolute Gasteiger partial charge is 0.299 e. The molecule has 1 saturated carbocycles. The molecule has 0 heterocycles. The van der Waals surface area contributed by atoms with Gasteiger partial charge in [0, 0.05) is 18.2 Å². The Morgan fingerprint density at radius 2 is 2.00 bits per heavy atom. The maximum absolute atomic E-state index is 14.0. The van der Waals surface area contributed by atoms with Gasteiger partial charge in [0.15, 0.2) is 0 Å². The van der Waals surface area contributed by atoms with Gasteiger partial charge in [0.05, 0.1) is 5.56 Å². The normalized spacial score (nSPS) is 23.3. The zero-order valence-electron chi connectivity index (χ0n) is 11.7. The highest BCUT2D eigenvalue weighted by Gasteiger charge is 2.22. The maximum Gasteiger partial charge on any atom is 0.145 e. The van der Waals surface area contributed by atoms with Crippen molar-refractivity contribution in [2.45, 2.75) is 45.2 Å². The van der Waals surface area contributed by atoms with E-state index in [-0.39, 0.29) is 11.4 Å². The van der Waals surface area contributed by atoms with Crippen molar-refractivity contribution in [1.29, 1.82) is 5.26 Å². The van der Waals surface area contributed by atoms with Gasteiger partial charge in [-0.05, 0) is 44.7 Å². The van der Waals surface area contributed by atoms with Crippen molar-refractivity contribution in [3.63, 3.8) is 0 Å². The van der Waals surface area contributed by atoms with Crippen LogP contribution in [0.15, 0.2) is 18.2 Å². The highest BCUT2D eigenvalue weighted by Crippen LogP contribution is 2.27. The first-order valence-electron chi connectivity index (χ1n) is 6.99. The zero-order chi connectivity index (χ0) is 13.8. The molecule has 2 rings (SSSR count). The number of rotatable bonds is 3. The third-order valence-electron chi connectivity index (χ3n) is 4.23. The van der Waals surface area contributed by atoms with E-state index in [4.69, 9.17) is 5.26 Å². The number of halogens is 1. The van der Waals surface area contributed by atoms with Crippen molar-refractivity contribution >= 4 is 0 Å². The number of nitrogens with zero attached hydrogens (tertiary/aromatic N) is 2. The number of hydrogen-bond donors (Lipinski definition) is 0. The van der Waals surface area contributed by atoms with Crippen LogP contribution in [0.2, 0.25) is 0 Å². The van der Waals surface area contributed by atoms with Crippen LogP contribution < -0.4 is 0 Å². The van der Waals surface area contributed by atoms with Crippen LogP contribution in [0.4, 0.5) is 4.39 Å². The molecule has 2 nitrogen and oxygen atoms in total. The molecule has 0 saturated heterocycles. The Hall–Kier alpha value is -1.40. The highest BCUT2D eigenvalue weighted by atomic mass is 19.1. The van der Waals surface area contributed by atoms with Crippen LogP contribution >= 0.6 is 0 Å². The molecule has 0 aliphatic heterocycles. The maximum atomic E-state index is 14.0. The molecule has 0 radical (unpaired) electrons. The van der Waals surface area contributed by atoms with Gasteiger partial charge in [-0.3, -0.25) is 4.90 Å². The Labute approximate surface area is 114 Å². The van der Waals surface area contributed by atoms with Gasteiger partial charge in [0.2, 0.25) is 0 Å². The van der Waals surface area contributed by atoms with E-state index in [1.54, 1.807) is 12.1 Å². The Morgan fingerprint density at radius 3 is 2.63 bits per heavy atom. The van der Waals surface area contributed by atoms with E-state index in [1.807, 2.05) is 6.07 Å². The molecule has 1 aliphatic carbocycles. The third kappa shape index (κ3) is 3.33. The highest BCUT2D eigenvalue weighted by molar-refractivity contribution is 5.34. The van der Waals surface area contributed by atoms with Gasteiger partial charge in [-0.25, -0.2) is 4.39 Å². The number of nitriles is 1. The summed E-state index contributed by atoms with van der Waals surface area (Å²) in [5.74, 6) is 0.462. The summed E-state index contributed by atoms with van der Waals surface area (Å²) in [7, 11) is 2.05. The molecule has 3 heteroatoms. The molecule has 0 spiro atoms. The summed E-state index contributed by atoms with van der Waals surface area (Å²) >= 11 is 0. The predicted molar refractivity (Wildman–Crippen MR) is 74.0 cm³/mol. The molecule has 0 unspecified atom stereocenters. The van der Waals surface area contributed by atoms with Crippen LogP contribution in [0.25, 0.3) is 0 Å². The second-order valence-electron chi connectivity index (χ2n) is 5.72. The fourth-order valence-electron chi connectivity index (χ4n) is 2.87. The van der Waals surface area contributed by atoms with Crippen molar-refractivity contribution in [3.8, 4) is 6.07 Å². The summed E-state index contributed by atoms with van der Waals surface area (Å²) in [5, 5.41) is 8.85. The molecule has 0 amide bonds. The van der Waals surface area contributed by atoms with Gasteiger partial charge < -0.3 is 0 Å². The van der Waals surface area contributed by atoms with Gasteiger partial charge in [-0.1, -0.05) is 19.1 Å². The summed E-state index contributed by atoms with van der Waals surface area (Å²) in [5.41, 5.74) is 0.767. The summed E-state index contributed by atoms with van der Waals surface area (Å²) in [6, 6.07) is 7.51. The predicted octanol–water partition coefficient (Wildman–Crippen LogP) is 3.71. The second kappa shape index (κ2) is 6.16. The topological polar surface area (TPSA) is 27.0 Å². The fourth-order valence-corrected chi connectivity index (χ4v) is 2.87. The van der Waals surface area contributed by atoms with Crippen molar-refractivity contribution in [3.05, 3.63) is 35.1 Å². The molecule has 0 aromatic heterocycles. The number of hydrogen-bond acceptors (Lipinski definition) is 2. The summed E-state index contributed by atoms with van der Waals surface area (Å²) in [6.45, 7) is 2.88. The standard InChI is InChI=1S/C16H21FN2/c1-12-6-8-15(9-7-12)19(2)11-14-5-3-4-13(10-18)16(14)17/h3-5,12,15H,6-9,11H2,1-2H3. The quantitative estimate of drug-likeness (QED) is 0.828. The molecule has 0 bridgehead atoms. The van der Waals surface area contributed by atoms with E-state index >= 15 is 0 Å². The van der Waals surface area contributed by atoms with Gasteiger partial charge in [-0.2, -0.15) is 5.26 Å². The first-order valence-corrected chi connectivity index (χ1v) is 6.99. The van der Waals surface area contributed by atoms with Crippen molar-refractivity contribution in [1.82, 2.24) is 4.90 Å². The van der Waals surface area contributed by atoms with Gasteiger partial charge in [0.1, 0.15) is 11.9 Å². The molecular formula is C16H21FN2. The fraction of sp³-hybridized carbons (Fsp3) is 0.562. The minimum atomic E-state index is -0.360. The van der Waals surface area contributed by atoms with Crippen LogP contribution in [0, 0.1) is 23.1 Å². The van der Waals surface area contributed by atoms with Crippen LogP contribution in [-0.2, 0) is 6.54 Å². The van der Waals surface area contributed by atoms with E-state index in [2.05, 4.69) is 18.9 Å². The lowest BCUT2D eigenvalue weighted by Gasteiger charge is -2.33. The van der Waals surface area contributed by atoms with Crippen LogP contribution in [0.5, 0.6) is 0 Å². The van der Waals surface area contributed by atoms with Gasteiger partial charge in [-0.15, -0.1) is 0 Å². The number of benzene rings is 1. The molecule has 102 valence electrons. The Bertz CT molecular complexity index is 470. The SMILES string of the molecule is CC1CCC(N(C)Cc2cccc(C#N)c2F)CC1. The molecule has 1 aromatic carbocycles. The lowest BCUT2D eigenvalue weighted by molar-refractivity contribution is 0.162. The molecule has 1 aliphatic rings. The van der Waals surface area contributed by atoms with Crippen LogP contribution in [0.1, 0.15) is 43.7 Å². The van der Waals surface area contributed by atoms with E-state index in [0.717, 1.165) is 5.92 Å². The summed E-state index contributed by atoms with van der Waals surface area (Å²) in [6.07, 6.45) is 4.90. The van der Waals surface area contributed by atoms with E-state index in [9.17, 15) is 4.39 Å². The van der Waals surface area contributed by atoms with E-state index < -0.39 is 0 Å². The van der Waals surface area contributed by atoms with Crippen LogP contribution in [-0.4, -0.2) is 18.0 Å². The zero-order valence-corrected chi connectivity index (χ0v) is 11.7. The van der Waals surface area contributed by atoms with Gasteiger partial charge >= 0.3 is 0 Å². The van der Waals surface area contributed by atoms with Gasteiger partial charge in [0.25, 0.3) is 0 Å². The first kappa shape index (κ1) is 14.0. The second-order valence-corrected chi connectivity index (χ2v) is 5.72. The van der Waals surface area contributed by atoms with Crippen LogP contribution in [0.3, 0.4) is 0 Å². The third-order valence-corrected chi connectivity index (χ3v) is 4.23. The summed E-state index contributed by atoms with van der Waals surface area (Å²) < 4.78 is 14.0. The Kier molecular flexibility index (Phi) is 4.55. The minimum absolute atomic E-state index is 0.142. The van der Waals surface area contributed by atoms with Crippen molar-refractivity contribution < 1.29 is 4.39 Å². The molecule has 0 atom stereocenters. The lowest BCUT2D eigenvalue weighted by Crippen LogP contribution is -2.34. The lowest BCUT2D eigenvalue weighted by atomic mass is 9.86. The Morgan fingerprint density at radius 1 is 1.32 bits per heavy atom.